The van der Waals surface area contributed by atoms with E-state index in [0.717, 1.165) is 34.0 Å². The van der Waals surface area contributed by atoms with Gasteiger partial charge in [0.2, 0.25) is 0 Å². The van der Waals surface area contributed by atoms with Crippen LogP contribution in [0.1, 0.15) is 46.1 Å². The van der Waals surface area contributed by atoms with Crippen LogP contribution in [0.25, 0.3) is 6.08 Å². The van der Waals surface area contributed by atoms with Gasteiger partial charge in [-0.05, 0) is 64.5 Å². The molecule has 1 aliphatic rings. The van der Waals surface area contributed by atoms with E-state index in [1.165, 1.54) is 15.9 Å². The van der Waals surface area contributed by atoms with Crippen molar-refractivity contribution >= 4 is 40.7 Å². The molecule has 4 rings (SSSR count). The molecule has 0 fully saturated rings. The Morgan fingerprint density at radius 1 is 1.05 bits per heavy atom. The normalized spacial score (nSPS) is 16.3. The highest BCUT2D eigenvalue weighted by atomic mass is 79.9. The lowest BCUT2D eigenvalue weighted by Gasteiger charge is -2.43. The molecule has 1 unspecified atom stereocenters. The zero-order valence-corrected chi connectivity index (χ0v) is 26.0. The quantitative estimate of drug-likeness (QED) is 0.241. The van der Waals surface area contributed by atoms with Gasteiger partial charge in [0.25, 0.3) is 8.32 Å². The topological polar surface area (TPSA) is 38.7 Å². The molecule has 1 N–H and O–H groups in total. The Labute approximate surface area is 243 Å². The number of benzene rings is 3. The highest BCUT2D eigenvalue weighted by molar-refractivity contribution is 9.10. The number of phenols is 1. The Morgan fingerprint density at radius 3 is 2.26 bits per heavy atom. The first-order valence-corrected chi connectivity index (χ1v) is 16.2. The second-order valence-corrected chi connectivity index (χ2v) is 16.5. The fourth-order valence-electron chi connectivity index (χ4n) is 5.46. The summed E-state index contributed by atoms with van der Waals surface area (Å²) in [6.45, 7) is 14.5. The first-order chi connectivity index (χ1) is 18.6. The van der Waals surface area contributed by atoms with Gasteiger partial charge in [0.05, 0.1) is 19.3 Å². The van der Waals surface area contributed by atoms with Gasteiger partial charge in [0.1, 0.15) is 5.75 Å². The first-order valence-electron chi connectivity index (χ1n) is 13.5. The van der Waals surface area contributed by atoms with E-state index in [2.05, 4.69) is 117 Å². The second-order valence-electron chi connectivity index (χ2n) is 11.3. The molecule has 3 nitrogen and oxygen atoms in total. The van der Waals surface area contributed by atoms with Crippen molar-refractivity contribution in [2.45, 2.75) is 51.7 Å². The molecule has 204 valence electrons. The number of aromatic hydroxyl groups is 1. The van der Waals surface area contributed by atoms with Crippen molar-refractivity contribution < 1.29 is 14.3 Å². The zero-order valence-electron chi connectivity index (χ0n) is 23.4. The maximum Gasteiger partial charge on any atom is 0.261 e. The van der Waals surface area contributed by atoms with Crippen LogP contribution in [0.15, 0.2) is 113 Å². The zero-order chi connectivity index (χ0) is 28.0. The van der Waals surface area contributed by atoms with E-state index < -0.39 is 8.32 Å². The number of ether oxygens (including phenoxy) is 1. The summed E-state index contributed by atoms with van der Waals surface area (Å²) in [4.78, 5) is 0. The molecule has 3 aromatic carbocycles. The van der Waals surface area contributed by atoms with Crippen LogP contribution in [-0.4, -0.2) is 32.7 Å². The van der Waals surface area contributed by atoms with Gasteiger partial charge < -0.3 is 14.3 Å². The van der Waals surface area contributed by atoms with Crippen LogP contribution in [0.2, 0.25) is 5.04 Å². The van der Waals surface area contributed by atoms with Crippen molar-refractivity contribution in [3.63, 3.8) is 0 Å². The van der Waals surface area contributed by atoms with Gasteiger partial charge in [-0.25, -0.2) is 0 Å². The number of halogens is 1. The molecule has 0 spiro atoms. The minimum atomic E-state index is -2.64. The summed E-state index contributed by atoms with van der Waals surface area (Å²) in [5.74, 6) is 0.282. The Kier molecular flexibility index (Phi) is 9.50. The van der Waals surface area contributed by atoms with Crippen LogP contribution < -0.4 is 10.4 Å². The number of hydrogen-bond donors (Lipinski definition) is 1. The summed E-state index contributed by atoms with van der Waals surface area (Å²) in [6.07, 6.45) is 5.89. The third-order valence-electron chi connectivity index (χ3n) is 7.43. The van der Waals surface area contributed by atoms with E-state index >= 15 is 0 Å². The average molecular weight is 604 g/mol. The summed E-state index contributed by atoms with van der Waals surface area (Å²) in [7, 11) is -2.64. The Hall–Kier alpha value is -2.70. The van der Waals surface area contributed by atoms with E-state index in [1.807, 2.05) is 18.2 Å². The molecular weight excluding hydrogens is 564 g/mol. The molecule has 39 heavy (non-hydrogen) atoms. The summed E-state index contributed by atoms with van der Waals surface area (Å²) >= 11 is 3.49. The summed E-state index contributed by atoms with van der Waals surface area (Å²) < 4.78 is 14.2. The predicted molar refractivity (Wildman–Crippen MR) is 169 cm³/mol. The molecule has 3 aromatic rings. The van der Waals surface area contributed by atoms with E-state index in [-0.39, 0.29) is 16.9 Å². The maximum absolute atomic E-state index is 10.2. The predicted octanol–water partition coefficient (Wildman–Crippen LogP) is 7.80. The standard InChI is InChI=1S/C34H39BrO3Si/c1-25(22-27-23-28(35)17-18-32(27)36)16-19-33-31(20-21-37-33)26(2)24-38-39(34(3,4)5,29-12-8-6-9-13-29)30-14-10-7-11-15-30/h6-15,17-18,20,22-23,33,36H,2,16,19,21,24H2,1,3-5H3/b25-22+. The minimum Gasteiger partial charge on any atom is -0.507 e. The van der Waals surface area contributed by atoms with Crippen LogP contribution in [0.4, 0.5) is 0 Å². The molecule has 0 aliphatic carbocycles. The molecule has 0 aromatic heterocycles. The fraction of sp³-hybridized carbons (Fsp3) is 0.294. The van der Waals surface area contributed by atoms with Crippen LogP contribution in [0.5, 0.6) is 5.75 Å². The first kappa shape index (κ1) is 29.3. The van der Waals surface area contributed by atoms with Crippen molar-refractivity contribution in [3.8, 4) is 5.75 Å². The number of hydrogen-bond acceptors (Lipinski definition) is 3. The lowest BCUT2D eigenvalue weighted by atomic mass is 9.97. The van der Waals surface area contributed by atoms with Crippen LogP contribution in [-0.2, 0) is 9.16 Å². The molecule has 1 heterocycles. The van der Waals surface area contributed by atoms with Crippen molar-refractivity contribution in [3.05, 3.63) is 118 Å². The Balaban J connectivity index is 1.50. The van der Waals surface area contributed by atoms with E-state index in [9.17, 15) is 5.11 Å². The molecule has 0 bridgehead atoms. The summed E-state index contributed by atoms with van der Waals surface area (Å²) in [5, 5.41) is 12.6. The number of rotatable bonds is 10. The lowest BCUT2D eigenvalue weighted by molar-refractivity contribution is 0.116. The largest absolute Gasteiger partial charge is 0.507 e. The van der Waals surface area contributed by atoms with Gasteiger partial charge in [-0.3, -0.25) is 0 Å². The van der Waals surface area contributed by atoms with Gasteiger partial charge in [-0.2, -0.15) is 0 Å². The SMILES string of the molecule is C=C(CO[Si](c1ccccc1)(c1ccccc1)C(C)(C)C)C1=CCOC1CC/C(C)=C/c1cc(Br)ccc1O. The Morgan fingerprint density at radius 2 is 1.67 bits per heavy atom. The number of phenolic OH excluding ortho intramolecular Hbond substituents is 1. The van der Waals surface area contributed by atoms with Gasteiger partial charge in [0, 0.05) is 10.0 Å². The van der Waals surface area contributed by atoms with Crippen LogP contribution >= 0.6 is 15.9 Å². The monoisotopic (exact) mass is 602 g/mol. The van der Waals surface area contributed by atoms with E-state index in [4.69, 9.17) is 9.16 Å². The summed E-state index contributed by atoms with van der Waals surface area (Å²) in [5.41, 5.74) is 4.13. The molecule has 0 radical (unpaired) electrons. The average Bonchev–Trinajstić information content (AvgIpc) is 3.39. The van der Waals surface area contributed by atoms with E-state index in [1.54, 1.807) is 6.07 Å². The van der Waals surface area contributed by atoms with Crippen LogP contribution in [0, 0.1) is 0 Å². The highest BCUT2D eigenvalue weighted by Crippen LogP contribution is 2.38. The molecule has 1 aliphatic heterocycles. The Bertz CT molecular complexity index is 1300. The van der Waals surface area contributed by atoms with E-state index in [0.29, 0.717) is 13.2 Å². The minimum absolute atomic E-state index is 0.0142. The van der Waals surface area contributed by atoms with Gasteiger partial charge >= 0.3 is 0 Å². The molecule has 5 heteroatoms. The van der Waals surface area contributed by atoms with Crippen molar-refractivity contribution in [2.24, 2.45) is 0 Å². The van der Waals surface area contributed by atoms with Crippen LogP contribution in [0.3, 0.4) is 0 Å². The second kappa shape index (κ2) is 12.6. The third-order valence-corrected chi connectivity index (χ3v) is 12.9. The van der Waals surface area contributed by atoms with Gasteiger partial charge in [-0.15, -0.1) is 0 Å². The van der Waals surface area contributed by atoms with Crippen molar-refractivity contribution in [2.75, 3.05) is 13.2 Å². The smallest absolute Gasteiger partial charge is 0.261 e. The molecule has 0 amide bonds. The van der Waals surface area contributed by atoms with Gasteiger partial charge in [0.15, 0.2) is 0 Å². The maximum atomic E-state index is 10.2. The summed E-state index contributed by atoms with van der Waals surface area (Å²) in [6, 6.07) is 26.9. The lowest BCUT2D eigenvalue weighted by Crippen LogP contribution is -2.66. The molecule has 0 saturated heterocycles. The van der Waals surface area contributed by atoms with Gasteiger partial charge in [-0.1, -0.05) is 122 Å². The van der Waals surface area contributed by atoms with Crippen molar-refractivity contribution in [1.29, 1.82) is 0 Å². The highest BCUT2D eigenvalue weighted by Gasteiger charge is 2.50. The van der Waals surface area contributed by atoms with Crippen molar-refractivity contribution in [1.82, 2.24) is 0 Å². The molecular formula is C34H39BrO3Si. The third kappa shape index (κ3) is 6.72. The number of allylic oxidation sites excluding steroid dienone is 1. The molecule has 0 saturated carbocycles. The fourth-order valence-corrected chi connectivity index (χ4v) is 10.4. The molecule has 1 atom stereocenters.